The topological polar surface area (TPSA) is 58.6 Å². The third-order valence-electron chi connectivity index (χ3n) is 3.64. The highest BCUT2D eigenvalue weighted by molar-refractivity contribution is 7.99. The van der Waals surface area contributed by atoms with Crippen LogP contribution in [0.15, 0.2) is 0 Å². The molecule has 0 radical (unpaired) electrons. The third kappa shape index (κ3) is 1.57. The van der Waals surface area contributed by atoms with Crippen molar-refractivity contribution in [1.29, 1.82) is 0 Å². The number of esters is 1. The van der Waals surface area contributed by atoms with Gasteiger partial charge in [0.05, 0.1) is 12.7 Å². The van der Waals surface area contributed by atoms with Crippen molar-refractivity contribution in [3.63, 3.8) is 0 Å². The summed E-state index contributed by atoms with van der Waals surface area (Å²) in [6, 6.07) is 0. The Kier molecular flexibility index (Phi) is 2.96. The summed E-state index contributed by atoms with van der Waals surface area (Å²) in [5.41, 5.74) is -1.56. The molecule has 2 saturated heterocycles. The monoisotopic (exact) mass is 231 g/mol. The van der Waals surface area contributed by atoms with Gasteiger partial charge in [0.15, 0.2) is 0 Å². The second-order valence-corrected chi connectivity index (χ2v) is 5.55. The van der Waals surface area contributed by atoms with Crippen LogP contribution in [0.3, 0.4) is 0 Å². The van der Waals surface area contributed by atoms with Crippen molar-refractivity contribution in [2.45, 2.75) is 18.4 Å². The molecule has 0 atom stereocenters. The van der Waals surface area contributed by atoms with Crippen LogP contribution in [-0.4, -0.2) is 48.4 Å². The number of nitrogens with one attached hydrogen (secondary N) is 1. The summed E-state index contributed by atoms with van der Waals surface area (Å²) in [6.45, 7) is 1.08. The zero-order valence-corrected chi connectivity index (χ0v) is 9.73. The van der Waals surface area contributed by atoms with Gasteiger partial charge in [0, 0.05) is 13.1 Å². The van der Waals surface area contributed by atoms with E-state index < -0.39 is 11.0 Å². The minimum absolute atomic E-state index is 0.268. The Morgan fingerprint density at radius 1 is 1.40 bits per heavy atom. The third-order valence-corrected chi connectivity index (χ3v) is 4.63. The summed E-state index contributed by atoms with van der Waals surface area (Å²) in [6.07, 6.45) is 1.38. The van der Waals surface area contributed by atoms with E-state index in [1.54, 1.807) is 0 Å². The lowest BCUT2D eigenvalue weighted by atomic mass is 9.64. The minimum atomic E-state index is -0.864. The zero-order valence-electron chi connectivity index (χ0n) is 8.91. The van der Waals surface area contributed by atoms with Gasteiger partial charge in [-0.15, -0.1) is 0 Å². The molecule has 0 aromatic heterocycles. The summed E-state index contributed by atoms with van der Waals surface area (Å²) in [4.78, 5) is 11.8. The maximum Gasteiger partial charge on any atom is 0.317 e. The van der Waals surface area contributed by atoms with Gasteiger partial charge < -0.3 is 15.2 Å². The Labute approximate surface area is 93.8 Å². The highest BCUT2D eigenvalue weighted by Crippen LogP contribution is 2.44. The first-order chi connectivity index (χ1) is 7.15. The molecule has 4 nitrogen and oxygen atoms in total. The van der Waals surface area contributed by atoms with Crippen LogP contribution in [0.1, 0.15) is 12.8 Å². The molecule has 0 saturated carbocycles. The van der Waals surface area contributed by atoms with Gasteiger partial charge in [-0.05, 0) is 24.3 Å². The summed E-state index contributed by atoms with van der Waals surface area (Å²) in [5.74, 6) is 1.58. The molecular weight excluding hydrogens is 214 g/mol. The number of methoxy groups -OCH3 is 1. The van der Waals surface area contributed by atoms with Gasteiger partial charge in [-0.25, -0.2) is 0 Å². The van der Waals surface area contributed by atoms with E-state index in [-0.39, 0.29) is 5.97 Å². The molecule has 0 bridgehead atoms. The highest BCUT2D eigenvalue weighted by Gasteiger charge is 2.60. The zero-order chi connectivity index (χ0) is 10.9. The van der Waals surface area contributed by atoms with Gasteiger partial charge in [0.2, 0.25) is 0 Å². The molecule has 0 aromatic carbocycles. The lowest BCUT2D eigenvalue weighted by Gasteiger charge is -2.52. The predicted molar refractivity (Wildman–Crippen MR) is 58.8 cm³/mol. The molecular formula is C10H17NO3S. The molecule has 2 heterocycles. The maximum atomic E-state index is 11.8. The fraction of sp³-hybridized carbons (Fsp3) is 0.900. The number of aliphatic hydroxyl groups is 1. The van der Waals surface area contributed by atoms with Gasteiger partial charge in [0.25, 0.3) is 0 Å². The van der Waals surface area contributed by atoms with Crippen LogP contribution in [0, 0.1) is 5.41 Å². The van der Waals surface area contributed by atoms with Crippen LogP contribution >= 0.6 is 11.8 Å². The van der Waals surface area contributed by atoms with E-state index in [0.29, 0.717) is 25.9 Å². The first-order valence-electron chi connectivity index (χ1n) is 5.24. The first-order valence-corrected chi connectivity index (χ1v) is 6.39. The molecule has 2 aliphatic heterocycles. The van der Waals surface area contributed by atoms with Gasteiger partial charge >= 0.3 is 5.97 Å². The Balaban J connectivity index is 2.20. The highest BCUT2D eigenvalue weighted by atomic mass is 32.2. The second kappa shape index (κ2) is 3.96. The summed E-state index contributed by atoms with van der Waals surface area (Å²) < 4.78 is 4.83. The molecule has 0 aromatic rings. The van der Waals surface area contributed by atoms with E-state index in [1.165, 1.54) is 7.11 Å². The number of carbonyl (C=O) groups is 1. The molecule has 0 aliphatic carbocycles. The predicted octanol–water partition coefficient (Wildman–Crippen LogP) is 0.00710. The standard InChI is InChI=1S/C10H17NO3S/c1-14-8(12)9(6-11-7-9)10(13)2-4-15-5-3-10/h11,13H,2-7H2,1H3. The number of hydrogen-bond donors (Lipinski definition) is 2. The Hall–Kier alpha value is -0.260. The van der Waals surface area contributed by atoms with Crippen molar-refractivity contribution >= 4 is 17.7 Å². The molecule has 5 heteroatoms. The smallest absolute Gasteiger partial charge is 0.317 e. The summed E-state index contributed by atoms with van der Waals surface area (Å²) >= 11 is 1.83. The molecule has 15 heavy (non-hydrogen) atoms. The minimum Gasteiger partial charge on any atom is -0.468 e. The number of thioether (sulfide) groups is 1. The molecule has 2 aliphatic rings. The van der Waals surface area contributed by atoms with E-state index >= 15 is 0 Å². The van der Waals surface area contributed by atoms with Crippen LogP contribution in [-0.2, 0) is 9.53 Å². The SMILES string of the molecule is COC(=O)C1(C2(O)CCSCC2)CNC1. The number of hydrogen-bond acceptors (Lipinski definition) is 5. The average Bonchev–Trinajstić information content (AvgIpc) is 2.16. The van der Waals surface area contributed by atoms with E-state index in [0.717, 1.165) is 11.5 Å². The van der Waals surface area contributed by atoms with E-state index in [1.807, 2.05) is 11.8 Å². The van der Waals surface area contributed by atoms with Crippen molar-refractivity contribution in [3.05, 3.63) is 0 Å². The number of ether oxygens (including phenoxy) is 1. The van der Waals surface area contributed by atoms with Crippen molar-refractivity contribution in [2.75, 3.05) is 31.7 Å². The maximum absolute atomic E-state index is 11.8. The quantitative estimate of drug-likeness (QED) is 0.656. The molecule has 2 fully saturated rings. The fourth-order valence-electron chi connectivity index (χ4n) is 2.42. The van der Waals surface area contributed by atoms with E-state index in [4.69, 9.17) is 4.74 Å². The van der Waals surface area contributed by atoms with Gasteiger partial charge in [0.1, 0.15) is 5.41 Å². The van der Waals surface area contributed by atoms with Crippen molar-refractivity contribution < 1.29 is 14.6 Å². The fourth-order valence-corrected chi connectivity index (χ4v) is 3.59. The van der Waals surface area contributed by atoms with E-state index in [2.05, 4.69) is 5.32 Å². The number of carbonyl (C=O) groups excluding carboxylic acids is 1. The summed E-state index contributed by atoms with van der Waals surface area (Å²) in [5, 5.41) is 13.7. The van der Waals surface area contributed by atoms with Crippen LogP contribution in [0.4, 0.5) is 0 Å². The Bertz CT molecular complexity index is 259. The largest absolute Gasteiger partial charge is 0.468 e. The van der Waals surface area contributed by atoms with Crippen LogP contribution in [0.25, 0.3) is 0 Å². The van der Waals surface area contributed by atoms with Crippen molar-refractivity contribution in [2.24, 2.45) is 5.41 Å². The molecule has 0 spiro atoms. The Morgan fingerprint density at radius 2 is 2.00 bits per heavy atom. The average molecular weight is 231 g/mol. The molecule has 86 valence electrons. The normalized spacial score (nSPS) is 27.9. The number of rotatable bonds is 2. The Morgan fingerprint density at radius 3 is 2.40 bits per heavy atom. The van der Waals surface area contributed by atoms with Crippen LogP contribution in [0.2, 0.25) is 0 Å². The van der Waals surface area contributed by atoms with E-state index in [9.17, 15) is 9.90 Å². The molecule has 0 amide bonds. The second-order valence-electron chi connectivity index (χ2n) is 4.32. The molecule has 2 rings (SSSR count). The van der Waals surface area contributed by atoms with Crippen molar-refractivity contribution in [1.82, 2.24) is 5.32 Å². The van der Waals surface area contributed by atoms with Gasteiger partial charge in [-0.3, -0.25) is 4.79 Å². The summed E-state index contributed by atoms with van der Waals surface area (Å²) in [7, 11) is 1.39. The first kappa shape index (κ1) is 11.2. The van der Waals surface area contributed by atoms with Crippen LogP contribution < -0.4 is 5.32 Å². The van der Waals surface area contributed by atoms with Gasteiger partial charge in [-0.1, -0.05) is 0 Å². The molecule has 2 N–H and O–H groups in total. The lowest BCUT2D eigenvalue weighted by Crippen LogP contribution is -2.70. The lowest BCUT2D eigenvalue weighted by molar-refractivity contribution is -0.183. The van der Waals surface area contributed by atoms with Crippen molar-refractivity contribution in [3.8, 4) is 0 Å². The van der Waals surface area contributed by atoms with Crippen LogP contribution in [0.5, 0.6) is 0 Å². The van der Waals surface area contributed by atoms with Gasteiger partial charge in [-0.2, -0.15) is 11.8 Å². The molecule has 0 unspecified atom stereocenters.